The molecule has 1 aromatic heterocycles. The molecule has 0 spiro atoms. The van der Waals surface area contributed by atoms with Gasteiger partial charge in [0.05, 0.1) is 19.9 Å². The van der Waals surface area contributed by atoms with Crippen molar-refractivity contribution in [1.29, 1.82) is 0 Å². The maximum atomic E-state index is 13.3. The number of carbonyl (C=O) groups is 1. The molecule has 1 heterocycles. The number of halogens is 1. The van der Waals surface area contributed by atoms with Gasteiger partial charge in [-0.05, 0) is 29.8 Å². The van der Waals surface area contributed by atoms with Gasteiger partial charge >= 0.3 is 5.97 Å². The third kappa shape index (κ3) is 5.24. The van der Waals surface area contributed by atoms with Gasteiger partial charge < -0.3 is 9.47 Å². The monoisotopic (exact) mass is 367 g/mol. The fraction of sp³-hybridized carbons (Fsp3) is 0.150. The van der Waals surface area contributed by atoms with E-state index in [-0.39, 0.29) is 6.61 Å². The van der Waals surface area contributed by atoms with E-state index in [4.69, 9.17) is 9.47 Å². The molecule has 3 rings (SSSR count). The third-order valence-corrected chi connectivity index (χ3v) is 3.75. The maximum Gasteiger partial charge on any atom is 0.331 e. The summed E-state index contributed by atoms with van der Waals surface area (Å²) in [6.07, 6.45) is 4.49. The summed E-state index contributed by atoms with van der Waals surface area (Å²) in [5, 5.41) is 8.01. The van der Waals surface area contributed by atoms with Crippen LogP contribution in [0.2, 0.25) is 0 Å². The van der Waals surface area contributed by atoms with Crippen LogP contribution in [0.1, 0.15) is 16.8 Å². The van der Waals surface area contributed by atoms with E-state index in [0.717, 1.165) is 5.56 Å². The number of rotatable bonds is 7. The summed E-state index contributed by atoms with van der Waals surface area (Å²) >= 11 is 0. The molecule has 3 aromatic rings. The number of aromatic nitrogens is 3. The molecule has 6 nitrogen and oxygen atoms in total. The van der Waals surface area contributed by atoms with E-state index < -0.39 is 11.8 Å². The lowest BCUT2D eigenvalue weighted by atomic mass is 10.2. The van der Waals surface area contributed by atoms with E-state index in [9.17, 15) is 9.18 Å². The highest BCUT2D eigenvalue weighted by molar-refractivity contribution is 5.86. The third-order valence-electron chi connectivity index (χ3n) is 3.75. The van der Waals surface area contributed by atoms with Gasteiger partial charge in [-0.25, -0.2) is 13.9 Å². The molecule has 0 bridgehead atoms. The molecule has 27 heavy (non-hydrogen) atoms. The summed E-state index contributed by atoms with van der Waals surface area (Å²) in [5.41, 5.74) is 2.08. The minimum Gasteiger partial charge on any atom is -0.496 e. The molecule has 7 heteroatoms. The smallest absolute Gasteiger partial charge is 0.331 e. The van der Waals surface area contributed by atoms with Gasteiger partial charge in [-0.2, -0.15) is 0 Å². The Hall–Kier alpha value is -3.48. The van der Waals surface area contributed by atoms with E-state index in [1.807, 2.05) is 30.3 Å². The Bertz CT molecular complexity index is 939. The van der Waals surface area contributed by atoms with Crippen molar-refractivity contribution < 1.29 is 18.7 Å². The predicted octanol–water partition coefficient (Wildman–Crippen LogP) is 3.23. The normalized spacial score (nSPS) is 10.9. The first kappa shape index (κ1) is 18.3. The number of benzene rings is 2. The largest absolute Gasteiger partial charge is 0.496 e. The van der Waals surface area contributed by atoms with Crippen molar-refractivity contribution in [3.8, 4) is 5.75 Å². The van der Waals surface area contributed by atoms with E-state index in [2.05, 4.69) is 10.3 Å². The van der Waals surface area contributed by atoms with Gasteiger partial charge in [0.25, 0.3) is 0 Å². The van der Waals surface area contributed by atoms with Gasteiger partial charge in [0.15, 0.2) is 0 Å². The summed E-state index contributed by atoms with van der Waals surface area (Å²) in [5.74, 6) is -0.539. The molecule has 0 aliphatic rings. The number of hydrogen-bond donors (Lipinski definition) is 0. The Kier molecular flexibility index (Phi) is 5.94. The Morgan fingerprint density at radius 1 is 1.22 bits per heavy atom. The molecule has 2 aromatic carbocycles. The number of esters is 1. The Morgan fingerprint density at radius 3 is 2.81 bits per heavy atom. The zero-order valence-electron chi connectivity index (χ0n) is 14.7. The zero-order chi connectivity index (χ0) is 19.1. The van der Waals surface area contributed by atoms with Crippen molar-refractivity contribution >= 4 is 12.0 Å². The molecule has 138 valence electrons. The highest BCUT2D eigenvalue weighted by atomic mass is 19.1. The van der Waals surface area contributed by atoms with Crippen molar-refractivity contribution in [3.63, 3.8) is 0 Å². The first-order valence-corrected chi connectivity index (χ1v) is 8.25. The second kappa shape index (κ2) is 8.75. The minimum absolute atomic E-state index is 0.0925. The molecule has 0 atom stereocenters. The van der Waals surface area contributed by atoms with E-state index >= 15 is 0 Å². The Morgan fingerprint density at radius 2 is 2.04 bits per heavy atom. The molecular formula is C20H18FN3O3. The molecule has 0 unspecified atom stereocenters. The number of methoxy groups -OCH3 is 1. The van der Waals surface area contributed by atoms with Crippen LogP contribution in [0.3, 0.4) is 0 Å². The predicted molar refractivity (Wildman–Crippen MR) is 97.3 cm³/mol. The lowest BCUT2D eigenvalue weighted by Crippen LogP contribution is -2.02. The summed E-state index contributed by atoms with van der Waals surface area (Å²) in [7, 11) is 1.47. The number of hydrogen-bond acceptors (Lipinski definition) is 5. The van der Waals surface area contributed by atoms with Crippen molar-refractivity contribution in [1.82, 2.24) is 15.0 Å². The first-order chi connectivity index (χ1) is 13.1. The molecule has 0 aliphatic carbocycles. The molecule has 0 N–H and O–H groups in total. The summed E-state index contributed by atoms with van der Waals surface area (Å²) in [4.78, 5) is 11.9. The average Bonchev–Trinajstić information content (AvgIpc) is 3.13. The van der Waals surface area contributed by atoms with Gasteiger partial charge in [-0.3, -0.25) is 0 Å². The standard InChI is InChI=1S/C20H18FN3O3/c1-26-19-9-7-17(21)11-16(19)14-27-20(25)10-8-18-13-24(23-22-18)12-15-5-3-2-4-6-15/h2-11,13H,12,14H2,1H3/b10-8+. The number of nitrogens with zero attached hydrogens (tertiary/aromatic N) is 3. The van der Waals surface area contributed by atoms with Crippen molar-refractivity contribution in [2.24, 2.45) is 0 Å². The molecule has 0 saturated carbocycles. The second-order valence-electron chi connectivity index (χ2n) is 5.72. The van der Waals surface area contributed by atoms with Gasteiger partial charge in [-0.15, -0.1) is 5.10 Å². The van der Waals surface area contributed by atoms with Crippen LogP contribution in [0.25, 0.3) is 6.08 Å². The average molecular weight is 367 g/mol. The van der Waals surface area contributed by atoms with Gasteiger partial charge in [-0.1, -0.05) is 35.5 Å². The van der Waals surface area contributed by atoms with Crippen LogP contribution >= 0.6 is 0 Å². The SMILES string of the molecule is COc1ccc(F)cc1COC(=O)/C=C/c1cn(Cc2ccccc2)nn1. The molecular weight excluding hydrogens is 349 g/mol. The Labute approximate surface area is 155 Å². The quantitative estimate of drug-likeness (QED) is 0.474. The first-order valence-electron chi connectivity index (χ1n) is 8.25. The summed E-state index contributed by atoms with van der Waals surface area (Å²) in [6.45, 7) is 0.496. The van der Waals surface area contributed by atoms with Crippen molar-refractivity contribution in [2.45, 2.75) is 13.2 Å². The van der Waals surface area contributed by atoms with Crippen LogP contribution < -0.4 is 4.74 Å². The molecule has 0 amide bonds. The highest BCUT2D eigenvalue weighted by Gasteiger charge is 2.07. The van der Waals surface area contributed by atoms with E-state index in [1.165, 1.54) is 37.5 Å². The lowest BCUT2D eigenvalue weighted by Gasteiger charge is -2.08. The zero-order valence-corrected chi connectivity index (χ0v) is 14.7. The molecule has 0 aliphatic heterocycles. The van der Waals surface area contributed by atoms with Crippen molar-refractivity contribution in [2.75, 3.05) is 7.11 Å². The Balaban J connectivity index is 1.55. The van der Waals surface area contributed by atoms with Gasteiger partial charge in [0.2, 0.25) is 0 Å². The molecule has 0 radical (unpaired) electrons. The lowest BCUT2D eigenvalue weighted by molar-refractivity contribution is -0.138. The summed E-state index contributed by atoms with van der Waals surface area (Å²) < 4.78 is 25.2. The topological polar surface area (TPSA) is 66.2 Å². The molecule has 0 saturated heterocycles. The van der Waals surface area contributed by atoms with Crippen LogP contribution in [0.4, 0.5) is 4.39 Å². The minimum atomic E-state index is -0.570. The number of ether oxygens (including phenoxy) is 2. The fourth-order valence-corrected chi connectivity index (χ4v) is 2.45. The van der Waals surface area contributed by atoms with Crippen molar-refractivity contribution in [3.05, 3.63) is 83.4 Å². The van der Waals surface area contributed by atoms with Crippen LogP contribution in [0, 0.1) is 5.82 Å². The van der Waals surface area contributed by atoms with Crippen LogP contribution in [-0.4, -0.2) is 28.1 Å². The van der Waals surface area contributed by atoms with Gasteiger partial charge in [0, 0.05) is 11.6 Å². The van der Waals surface area contributed by atoms with Crippen LogP contribution in [0.15, 0.2) is 60.8 Å². The van der Waals surface area contributed by atoms with Crippen LogP contribution in [-0.2, 0) is 22.7 Å². The number of carbonyl (C=O) groups excluding carboxylic acids is 1. The maximum absolute atomic E-state index is 13.3. The van der Waals surface area contributed by atoms with Crippen LogP contribution in [0.5, 0.6) is 5.75 Å². The van der Waals surface area contributed by atoms with E-state index in [1.54, 1.807) is 10.9 Å². The second-order valence-corrected chi connectivity index (χ2v) is 5.72. The highest BCUT2D eigenvalue weighted by Crippen LogP contribution is 2.20. The van der Waals surface area contributed by atoms with E-state index in [0.29, 0.717) is 23.6 Å². The fourth-order valence-electron chi connectivity index (χ4n) is 2.45. The van der Waals surface area contributed by atoms with Gasteiger partial charge in [0.1, 0.15) is 23.9 Å². The summed E-state index contributed by atoms with van der Waals surface area (Å²) in [6, 6.07) is 13.9. The molecule has 0 fully saturated rings.